The van der Waals surface area contributed by atoms with Gasteiger partial charge in [-0.2, -0.15) is 5.26 Å². The summed E-state index contributed by atoms with van der Waals surface area (Å²) in [5, 5.41) is 14.6. The van der Waals surface area contributed by atoms with E-state index in [2.05, 4.69) is 16.3 Å². The quantitative estimate of drug-likeness (QED) is 0.779. The molecule has 1 aromatic heterocycles. The van der Waals surface area contributed by atoms with Crippen molar-refractivity contribution in [2.45, 2.75) is 6.92 Å². The number of methoxy groups -OCH3 is 1. The van der Waals surface area contributed by atoms with Gasteiger partial charge >= 0.3 is 0 Å². The average molecular weight is 305 g/mol. The Morgan fingerprint density at radius 3 is 2.57 bits per heavy atom. The van der Waals surface area contributed by atoms with Crippen molar-refractivity contribution < 1.29 is 4.74 Å². The largest absolute Gasteiger partial charge is 0.496 e. The number of aromatic nitrogens is 2. The maximum atomic E-state index is 12.3. The van der Waals surface area contributed by atoms with Crippen LogP contribution >= 0.6 is 0 Å². The lowest BCUT2D eigenvalue weighted by Crippen LogP contribution is -2.03. The fraction of sp³-hybridized carbons (Fsp3) is 0.111. The number of aryl methyl sites for hydroxylation is 1. The first kappa shape index (κ1) is 14.7. The van der Waals surface area contributed by atoms with Crippen molar-refractivity contribution in [3.63, 3.8) is 0 Å². The van der Waals surface area contributed by atoms with Crippen LogP contribution in [0.25, 0.3) is 22.4 Å². The van der Waals surface area contributed by atoms with Crippen molar-refractivity contribution in [3.8, 4) is 34.2 Å². The molecule has 23 heavy (non-hydrogen) atoms. The van der Waals surface area contributed by atoms with E-state index < -0.39 is 0 Å². The number of hydrogen-bond acceptors (Lipinski definition) is 3. The molecule has 2 N–H and O–H groups in total. The van der Waals surface area contributed by atoms with Crippen molar-refractivity contribution in [3.05, 3.63) is 63.9 Å². The Morgan fingerprint density at radius 1 is 1.09 bits per heavy atom. The molecule has 3 rings (SSSR count). The molecule has 1 heterocycles. The summed E-state index contributed by atoms with van der Waals surface area (Å²) in [7, 11) is 1.52. The number of benzene rings is 2. The highest BCUT2D eigenvalue weighted by atomic mass is 16.5. The molecule has 0 aliphatic rings. The van der Waals surface area contributed by atoms with Gasteiger partial charge in [-0.1, -0.05) is 24.3 Å². The van der Waals surface area contributed by atoms with Crippen LogP contribution in [0.3, 0.4) is 0 Å². The van der Waals surface area contributed by atoms with E-state index in [0.29, 0.717) is 28.1 Å². The highest BCUT2D eigenvalue weighted by Gasteiger charge is 2.19. The van der Waals surface area contributed by atoms with Crippen LogP contribution in [0.2, 0.25) is 0 Å². The van der Waals surface area contributed by atoms with Crippen LogP contribution in [-0.4, -0.2) is 17.3 Å². The lowest BCUT2D eigenvalue weighted by molar-refractivity contribution is 0.416. The van der Waals surface area contributed by atoms with Gasteiger partial charge in [-0.25, -0.2) is 0 Å². The third-order valence-electron chi connectivity index (χ3n) is 3.79. The van der Waals surface area contributed by atoms with E-state index in [9.17, 15) is 4.79 Å². The third kappa shape index (κ3) is 2.51. The number of rotatable bonds is 3. The highest BCUT2D eigenvalue weighted by Crippen LogP contribution is 2.35. The third-order valence-corrected chi connectivity index (χ3v) is 3.79. The van der Waals surface area contributed by atoms with Crippen LogP contribution in [0.1, 0.15) is 11.1 Å². The van der Waals surface area contributed by atoms with E-state index in [0.717, 1.165) is 11.1 Å². The summed E-state index contributed by atoms with van der Waals surface area (Å²) in [6.07, 6.45) is 0. The number of ether oxygens (including phenoxy) is 1. The molecule has 2 aromatic carbocycles. The van der Waals surface area contributed by atoms with Crippen LogP contribution < -0.4 is 10.3 Å². The van der Waals surface area contributed by atoms with Crippen molar-refractivity contribution in [2.24, 2.45) is 0 Å². The second kappa shape index (κ2) is 5.85. The zero-order chi connectivity index (χ0) is 16.4. The average Bonchev–Trinajstić information content (AvgIpc) is 2.96. The van der Waals surface area contributed by atoms with Crippen molar-refractivity contribution >= 4 is 0 Å². The van der Waals surface area contributed by atoms with Gasteiger partial charge in [0.1, 0.15) is 5.75 Å². The second-order valence-electron chi connectivity index (χ2n) is 5.17. The minimum absolute atomic E-state index is 0.230. The van der Waals surface area contributed by atoms with Crippen LogP contribution in [0.5, 0.6) is 5.75 Å². The zero-order valence-corrected chi connectivity index (χ0v) is 12.8. The van der Waals surface area contributed by atoms with Crippen LogP contribution in [0.4, 0.5) is 0 Å². The molecular formula is C18H15N3O2. The minimum atomic E-state index is -0.230. The molecule has 0 radical (unpaired) electrons. The molecule has 0 aliphatic heterocycles. The molecule has 0 saturated heterocycles. The molecule has 5 nitrogen and oxygen atoms in total. The molecule has 0 spiro atoms. The van der Waals surface area contributed by atoms with Gasteiger partial charge in [0.05, 0.1) is 30.0 Å². The van der Waals surface area contributed by atoms with Crippen LogP contribution in [0, 0.1) is 18.3 Å². The first-order valence-electron chi connectivity index (χ1n) is 7.11. The van der Waals surface area contributed by atoms with E-state index in [4.69, 9.17) is 10.00 Å². The summed E-state index contributed by atoms with van der Waals surface area (Å²) in [5.41, 5.74) is 4.09. The topological polar surface area (TPSA) is 81.7 Å². The molecule has 114 valence electrons. The van der Waals surface area contributed by atoms with Gasteiger partial charge in [0.15, 0.2) is 0 Å². The Labute approximate surface area is 133 Å². The van der Waals surface area contributed by atoms with E-state index in [1.807, 2.05) is 31.2 Å². The number of nitrogens with zero attached hydrogens (tertiary/aromatic N) is 1. The lowest BCUT2D eigenvalue weighted by atomic mass is 9.97. The number of aromatic amines is 2. The van der Waals surface area contributed by atoms with Gasteiger partial charge in [0, 0.05) is 11.1 Å². The SMILES string of the molecule is COc1cc(C#N)ccc1-c1c(-c2ccccc2C)[nH][nH]c1=O. The lowest BCUT2D eigenvalue weighted by Gasteiger charge is -2.10. The van der Waals surface area contributed by atoms with Crippen molar-refractivity contribution in [1.29, 1.82) is 5.26 Å². The minimum Gasteiger partial charge on any atom is -0.496 e. The molecule has 0 aliphatic carbocycles. The number of nitriles is 1. The van der Waals surface area contributed by atoms with Crippen LogP contribution in [0.15, 0.2) is 47.3 Å². The summed E-state index contributed by atoms with van der Waals surface area (Å²) in [5.74, 6) is 0.490. The fourth-order valence-electron chi connectivity index (χ4n) is 2.64. The zero-order valence-electron chi connectivity index (χ0n) is 12.8. The Kier molecular flexibility index (Phi) is 3.73. The Morgan fingerprint density at radius 2 is 1.87 bits per heavy atom. The smallest absolute Gasteiger partial charge is 0.272 e. The molecule has 5 heteroatoms. The number of nitrogens with one attached hydrogen (secondary N) is 2. The second-order valence-corrected chi connectivity index (χ2v) is 5.17. The molecule has 3 aromatic rings. The maximum Gasteiger partial charge on any atom is 0.272 e. The summed E-state index contributed by atoms with van der Waals surface area (Å²) in [6.45, 7) is 1.99. The van der Waals surface area contributed by atoms with E-state index in [1.54, 1.807) is 18.2 Å². The van der Waals surface area contributed by atoms with Gasteiger partial charge in [0.2, 0.25) is 0 Å². The van der Waals surface area contributed by atoms with Gasteiger partial charge in [-0.15, -0.1) is 0 Å². The monoisotopic (exact) mass is 305 g/mol. The van der Waals surface area contributed by atoms with E-state index >= 15 is 0 Å². The van der Waals surface area contributed by atoms with Crippen LogP contribution in [-0.2, 0) is 0 Å². The molecule has 0 amide bonds. The highest BCUT2D eigenvalue weighted by molar-refractivity contribution is 5.84. The predicted molar refractivity (Wildman–Crippen MR) is 88.3 cm³/mol. The van der Waals surface area contributed by atoms with Crippen molar-refractivity contribution in [1.82, 2.24) is 10.2 Å². The maximum absolute atomic E-state index is 12.3. The predicted octanol–water partition coefficient (Wildman–Crippen LogP) is 3.23. The molecular weight excluding hydrogens is 290 g/mol. The number of hydrogen-bond donors (Lipinski definition) is 2. The van der Waals surface area contributed by atoms with Gasteiger partial charge in [-0.05, 0) is 30.7 Å². The standard InChI is InChI=1S/C18H15N3O2/c1-11-5-3-4-6-13(11)17-16(18(22)21-20-17)14-8-7-12(10-19)9-15(14)23-2/h3-9H,1-2H3,(H2,20,21,22). The summed E-state index contributed by atoms with van der Waals surface area (Å²) < 4.78 is 5.37. The van der Waals surface area contributed by atoms with Gasteiger partial charge in [0.25, 0.3) is 5.56 Å². The molecule has 0 unspecified atom stereocenters. The molecule has 0 atom stereocenters. The van der Waals surface area contributed by atoms with Crippen molar-refractivity contribution in [2.75, 3.05) is 7.11 Å². The normalized spacial score (nSPS) is 10.3. The Bertz CT molecular complexity index is 961. The number of H-pyrrole nitrogens is 2. The summed E-state index contributed by atoms with van der Waals surface area (Å²) in [6, 6.07) is 14.9. The van der Waals surface area contributed by atoms with Gasteiger partial charge < -0.3 is 4.74 Å². The Balaban J connectivity index is 2.27. The molecule has 0 fully saturated rings. The first-order valence-corrected chi connectivity index (χ1v) is 7.11. The Hall–Kier alpha value is -3.26. The first-order chi connectivity index (χ1) is 11.2. The molecule has 0 bridgehead atoms. The summed E-state index contributed by atoms with van der Waals surface area (Å²) >= 11 is 0. The van der Waals surface area contributed by atoms with E-state index in [1.165, 1.54) is 7.11 Å². The van der Waals surface area contributed by atoms with E-state index in [-0.39, 0.29) is 5.56 Å². The summed E-state index contributed by atoms with van der Waals surface area (Å²) in [4.78, 5) is 12.3. The fourth-order valence-corrected chi connectivity index (χ4v) is 2.64. The molecule has 0 saturated carbocycles. The van der Waals surface area contributed by atoms with Gasteiger partial charge in [-0.3, -0.25) is 15.0 Å².